The molecule has 0 amide bonds. The van der Waals surface area contributed by atoms with Crippen molar-refractivity contribution < 1.29 is 8.78 Å². The zero-order valence-corrected chi connectivity index (χ0v) is 16.4. The Morgan fingerprint density at radius 3 is 1.64 bits per heavy atom. The Balaban J connectivity index is 2.20. The summed E-state index contributed by atoms with van der Waals surface area (Å²) in [5.74, 6) is -0.810. The topological polar surface area (TPSA) is 12.9 Å². The van der Waals surface area contributed by atoms with E-state index in [1.807, 2.05) is 36.4 Å². The third-order valence-corrected chi connectivity index (χ3v) is 5.39. The third-order valence-electron chi connectivity index (χ3n) is 4.92. The molecule has 0 saturated carbocycles. The molecule has 4 heteroatoms. The average Bonchev–Trinajstić information content (AvgIpc) is 2.73. The first-order valence-corrected chi connectivity index (χ1v) is 9.61. The Morgan fingerprint density at radius 1 is 0.607 bits per heavy atom. The van der Waals surface area contributed by atoms with Crippen molar-refractivity contribution in [2.45, 2.75) is 5.41 Å². The van der Waals surface area contributed by atoms with Crippen LogP contribution >= 0.6 is 15.9 Å². The van der Waals surface area contributed by atoms with E-state index in [2.05, 4.69) is 20.9 Å². The molecule has 0 aliphatic carbocycles. The molecule has 0 fully saturated rings. The molecule has 0 spiro atoms. The maximum absolute atomic E-state index is 15.2. The maximum Gasteiger partial charge on any atom is 0.127 e. The van der Waals surface area contributed by atoms with E-state index in [4.69, 9.17) is 0 Å². The molecule has 0 saturated heterocycles. The number of pyridine rings is 1. The molecule has 138 valence electrons. The number of nitrogens with zero attached hydrogens (tertiary/aromatic N) is 1. The van der Waals surface area contributed by atoms with Crippen LogP contribution in [0.25, 0.3) is 0 Å². The fourth-order valence-electron chi connectivity index (χ4n) is 3.75. The van der Waals surface area contributed by atoms with Crippen molar-refractivity contribution in [3.05, 3.63) is 136 Å². The maximum atomic E-state index is 15.2. The molecule has 0 N–H and O–H groups in total. The molecule has 0 unspecified atom stereocenters. The van der Waals surface area contributed by atoms with Crippen LogP contribution in [0, 0.1) is 11.6 Å². The molecule has 1 heterocycles. The zero-order chi connectivity index (χ0) is 19.6. The smallest absolute Gasteiger partial charge is 0.127 e. The summed E-state index contributed by atoms with van der Waals surface area (Å²) in [5, 5.41) is 0. The summed E-state index contributed by atoms with van der Waals surface area (Å²) >= 11 is 3.35. The lowest BCUT2D eigenvalue weighted by Gasteiger charge is -2.36. The van der Waals surface area contributed by atoms with E-state index in [9.17, 15) is 0 Å². The van der Waals surface area contributed by atoms with Gasteiger partial charge in [0, 0.05) is 17.3 Å². The molecular weight excluding hydrogens is 420 g/mol. The lowest BCUT2D eigenvalue weighted by atomic mass is 9.65. The van der Waals surface area contributed by atoms with Crippen molar-refractivity contribution in [3.8, 4) is 0 Å². The summed E-state index contributed by atoms with van der Waals surface area (Å²) in [6, 6.07) is 26.1. The van der Waals surface area contributed by atoms with E-state index >= 15 is 8.78 Å². The molecule has 1 nitrogen and oxygen atoms in total. The zero-order valence-electron chi connectivity index (χ0n) is 14.8. The van der Waals surface area contributed by atoms with E-state index in [1.165, 1.54) is 12.1 Å². The van der Waals surface area contributed by atoms with Gasteiger partial charge in [0.05, 0.1) is 5.41 Å². The molecular formula is C24H16BrF2N. The van der Waals surface area contributed by atoms with Gasteiger partial charge in [0.25, 0.3) is 0 Å². The molecule has 0 aliphatic rings. The van der Waals surface area contributed by atoms with Crippen LogP contribution in [0.5, 0.6) is 0 Å². The molecule has 0 atom stereocenters. The Bertz CT molecular complexity index is 1050. The van der Waals surface area contributed by atoms with Crippen LogP contribution in [0.4, 0.5) is 8.78 Å². The van der Waals surface area contributed by atoms with Crippen LogP contribution in [0.15, 0.2) is 102 Å². The van der Waals surface area contributed by atoms with Crippen LogP contribution in [-0.4, -0.2) is 4.98 Å². The SMILES string of the molecule is Fc1ccccc1C(c1ccccc1)(c1ccc(Br)nc1)c1ccccc1F. The van der Waals surface area contributed by atoms with E-state index in [0.717, 1.165) is 5.56 Å². The van der Waals surface area contributed by atoms with Crippen LogP contribution in [0.3, 0.4) is 0 Å². The van der Waals surface area contributed by atoms with E-state index in [0.29, 0.717) is 21.3 Å². The second-order valence-electron chi connectivity index (χ2n) is 6.45. The number of hydrogen-bond acceptors (Lipinski definition) is 1. The predicted octanol–water partition coefficient (Wildman–Crippen LogP) is 6.51. The van der Waals surface area contributed by atoms with Gasteiger partial charge in [-0.1, -0.05) is 72.8 Å². The fourth-order valence-corrected chi connectivity index (χ4v) is 3.98. The molecule has 4 aromatic rings. The van der Waals surface area contributed by atoms with Gasteiger partial charge in [0.15, 0.2) is 0 Å². The van der Waals surface area contributed by atoms with Gasteiger partial charge in [-0.15, -0.1) is 0 Å². The van der Waals surface area contributed by atoms with Gasteiger partial charge in [0.1, 0.15) is 16.2 Å². The first-order valence-electron chi connectivity index (χ1n) is 8.81. The molecule has 3 aromatic carbocycles. The highest BCUT2D eigenvalue weighted by atomic mass is 79.9. The minimum atomic E-state index is -1.19. The summed E-state index contributed by atoms with van der Waals surface area (Å²) in [6.45, 7) is 0. The monoisotopic (exact) mass is 435 g/mol. The highest BCUT2D eigenvalue weighted by Gasteiger charge is 2.42. The Hall–Kier alpha value is -2.85. The molecule has 0 bridgehead atoms. The van der Waals surface area contributed by atoms with E-state index in [-0.39, 0.29) is 0 Å². The molecule has 0 radical (unpaired) electrons. The Labute approximate surface area is 170 Å². The van der Waals surface area contributed by atoms with Crippen LogP contribution in [0.2, 0.25) is 0 Å². The highest BCUT2D eigenvalue weighted by molar-refractivity contribution is 9.10. The lowest BCUT2D eigenvalue weighted by Crippen LogP contribution is -2.33. The van der Waals surface area contributed by atoms with Gasteiger partial charge in [0.2, 0.25) is 0 Å². The lowest BCUT2D eigenvalue weighted by molar-refractivity contribution is 0.549. The van der Waals surface area contributed by atoms with Crippen molar-refractivity contribution in [2.24, 2.45) is 0 Å². The summed E-state index contributed by atoms with van der Waals surface area (Å²) in [4.78, 5) is 4.35. The van der Waals surface area contributed by atoms with Gasteiger partial charge in [-0.25, -0.2) is 13.8 Å². The first-order chi connectivity index (χ1) is 13.6. The Kier molecular flexibility index (Phi) is 5.05. The minimum Gasteiger partial charge on any atom is -0.249 e. The van der Waals surface area contributed by atoms with Gasteiger partial charge < -0.3 is 0 Å². The summed E-state index contributed by atoms with van der Waals surface area (Å²) in [7, 11) is 0. The average molecular weight is 436 g/mol. The number of benzene rings is 3. The molecule has 1 aromatic heterocycles. The van der Waals surface area contributed by atoms with E-state index in [1.54, 1.807) is 48.7 Å². The minimum absolute atomic E-state index is 0.371. The van der Waals surface area contributed by atoms with Crippen molar-refractivity contribution in [1.82, 2.24) is 4.98 Å². The summed E-state index contributed by atoms with van der Waals surface area (Å²) in [6.07, 6.45) is 1.66. The number of aromatic nitrogens is 1. The number of rotatable bonds is 4. The molecule has 4 rings (SSSR count). The largest absolute Gasteiger partial charge is 0.249 e. The highest BCUT2D eigenvalue weighted by Crippen LogP contribution is 2.46. The van der Waals surface area contributed by atoms with Crippen molar-refractivity contribution in [2.75, 3.05) is 0 Å². The van der Waals surface area contributed by atoms with Crippen LogP contribution in [0.1, 0.15) is 22.3 Å². The standard InChI is InChI=1S/C24H16BrF2N/c25-23-15-14-18(16-28-23)24(17-8-2-1-3-9-17,19-10-4-6-12-21(19)26)20-11-5-7-13-22(20)27/h1-16H. The van der Waals surface area contributed by atoms with Gasteiger partial charge in [-0.05, 0) is 45.3 Å². The van der Waals surface area contributed by atoms with Crippen molar-refractivity contribution in [1.29, 1.82) is 0 Å². The fraction of sp³-hybridized carbons (Fsp3) is 0.0417. The quantitative estimate of drug-likeness (QED) is 0.263. The van der Waals surface area contributed by atoms with Crippen LogP contribution < -0.4 is 0 Å². The number of hydrogen-bond donors (Lipinski definition) is 0. The Morgan fingerprint density at radius 2 is 1.14 bits per heavy atom. The predicted molar refractivity (Wildman–Crippen MR) is 110 cm³/mol. The van der Waals surface area contributed by atoms with Crippen LogP contribution in [-0.2, 0) is 5.41 Å². The normalized spacial score (nSPS) is 11.4. The molecule has 28 heavy (non-hydrogen) atoms. The number of halogens is 3. The first kappa shape index (κ1) is 18.5. The molecule has 0 aliphatic heterocycles. The summed E-state index contributed by atoms with van der Waals surface area (Å²) < 4.78 is 31.1. The van der Waals surface area contributed by atoms with Crippen molar-refractivity contribution in [3.63, 3.8) is 0 Å². The summed E-state index contributed by atoms with van der Waals surface area (Å²) in [5.41, 5.74) is 0.989. The van der Waals surface area contributed by atoms with Gasteiger partial charge in [-0.2, -0.15) is 0 Å². The second kappa shape index (κ2) is 7.64. The van der Waals surface area contributed by atoms with Crippen molar-refractivity contribution >= 4 is 15.9 Å². The third kappa shape index (κ3) is 3.04. The van der Waals surface area contributed by atoms with Gasteiger partial charge in [-0.3, -0.25) is 0 Å². The second-order valence-corrected chi connectivity index (χ2v) is 7.26. The van der Waals surface area contributed by atoms with Gasteiger partial charge >= 0.3 is 0 Å². The van der Waals surface area contributed by atoms with E-state index < -0.39 is 17.0 Å².